The van der Waals surface area contributed by atoms with Crippen LogP contribution in [0.2, 0.25) is 0 Å². The topological polar surface area (TPSA) is 75.3 Å². The molecular weight excluding hydrogens is 244 g/mol. The van der Waals surface area contributed by atoms with Gasteiger partial charge >= 0.3 is 0 Å². The highest BCUT2D eigenvalue weighted by Crippen LogP contribution is 2.30. The molecule has 1 aliphatic rings. The number of carbonyl (C=O) groups is 3. The van der Waals surface area contributed by atoms with E-state index in [4.69, 9.17) is 0 Å². The van der Waals surface area contributed by atoms with E-state index < -0.39 is 0 Å². The van der Waals surface area contributed by atoms with Gasteiger partial charge in [0.2, 0.25) is 11.8 Å². The molecule has 0 aliphatic heterocycles. The molecule has 0 radical (unpaired) electrons. The quantitative estimate of drug-likeness (QED) is 0.794. The van der Waals surface area contributed by atoms with Crippen LogP contribution in [0.25, 0.3) is 0 Å². The summed E-state index contributed by atoms with van der Waals surface area (Å²) in [5, 5.41) is 5.43. The van der Waals surface area contributed by atoms with Crippen LogP contribution in [0.15, 0.2) is 24.3 Å². The summed E-state index contributed by atoms with van der Waals surface area (Å²) in [5.41, 5.74) is 1.32. The largest absolute Gasteiger partial charge is 0.326 e. The van der Waals surface area contributed by atoms with E-state index in [9.17, 15) is 14.4 Å². The summed E-state index contributed by atoms with van der Waals surface area (Å²) in [4.78, 5) is 33.7. The Morgan fingerprint density at radius 1 is 1.05 bits per heavy atom. The number of rotatable bonds is 5. The summed E-state index contributed by atoms with van der Waals surface area (Å²) < 4.78 is 0. The summed E-state index contributed by atoms with van der Waals surface area (Å²) in [7, 11) is 0. The Morgan fingerprint density at radius 2 is 1.58 bits per heavy atom. The number of ketones is 1. The minimum atomic E-state index is -0.331. The Morgan fingerprint density at radius 3 is 2.05 bits per heavy atom. The molecule has 2 N–H and O–H groups in total. The van der Waals surface area contributed by atoms with Gasteiger partial charge in [-0.1, -0.05) is 0 Å². The van der Waals surface area contributed by atoms with Crippen molar-refractivity contribution in [3.05, 3.63) is 24.3 Å². The van der Waals surface area contributed by atoms with E-state index in [1.807, 2.05) is 0 Å². The lowest BCUT2D eigenvalue weighted by Gasteiger charge is -2.07. The van der Waals surface area contributed by atoms with Gasteiger partial charge in [0.25, 0.3) is 0 Å². The highest BCUT2D eigenvalue weighted by molar-refractivity contribution is 6.03. The van der Waals surface area contributed by atoms with E-state index in [-0.39, 0.29) is 29.9 Å². The maximum Gasteiger partial charge on any atom is 0.231 e. The third-order valence-electron chi connectivity index (χ3n) is 2.79. The molecule has 2 amide bonds. The molecule has 1 aromatic carbocycles. The van der Waals surface area contributed by atoms with Gasteiger partial charge in [-0.2, -0.15) is 0 Å². The molecule has 0 aromatic heterocycles. The normalized spacial score (nSPS) is 13.7. The van der Waals surface area contributed by atoms with Gasteiger partial charge in [0.15, 0.2) is 0 Å². The predicted octanol–water partition coefficient (Wildman–Crippen LogP) is 1.95. The van der Waals surface area contributed by atoms with Crippen molar-refractivity contribution >= 4 is 29.0 Å². The second-order valence-corrected chi connectivity index (χ2v) is 4.77. The van der Waals surface area contributed by atoms with Crippen molar-refractivity contribution in [2.75, 3.05) is 10.6 Å². The third kappa shape index (κ3) is 4.21. The number of anilines is 2. The fraction of sp³-hybridized carbons (Fsp3) is 0.357. The van der Waals surface area contributed by atoms with Crippen molar-refractivity contribution < 1.29 is 14.4 Å². The van der Waals surface area contributed by atoms with Crippen molar-refractivity contribution in [1.29, 1.82) is 0 Å². The maximum absolute atomic E-state index is 11.5. The Hall–Kier alpha value is -2.17. The minimum Gasteiger partial charge on any atom is -0.326 e. The van der Waals surface area contributed by atoms with Crippen LogP contribution in [0.4, 0.5) is 11.4 Å². The smallest absolute Gasteiger partial charge is 0.231 e. The Bertz CT molecular complexity index is 504. The second-order valence-electron chi connectivity index (χ2n) is 4.77. The lowest BCUT2D eigenvalue weighted by atomic mass is 10.2. The Labute approximate surface area is 111 Å². The van der Waals surface area contributed by atoms with Crippen LogP contribution in [-0.2, 0) is 14.4 Å². The molecule has 5 heteroatoms. The lowest BCUT2D eigenvalue weighted by molar-refractivity contribution is -0.124. The number of benzene rings is 1. The zero-order valence-electron chi connectivity index (χ0n) is 10.7. The van der Waals surface area contributed by atoms with Gasteiger partial charge in [0.1, 0.15) is 5.78 Å². The molecule has 0 atom stereocenters. The average Bonchev–Trinajstić information content (AvgIpc) is 3.14. The fourth-order valence-corrected chi connectivity index (χ4v) is 1.66. The standard InChI is InChI=1S/C14H16N2O3/c1-9(17)8-13(18)15-11-4-6-12(7-5-11)16-14(19)10-2-3-10/h4-7,10H,2-3,8H2,1H3,(H,15,18)(H,16,19). The summed E-state index contributed by atoms with van der Waals surface area (Å²) in [6.07, 6.45) is 1.80. The Kier molecular flexibility index (Phi) is 3.94. The summed E-state index contributed by atoms with van der Waals surface area (Å²) in [6.45, 7) is 1.37. The van der Waals surface area contributed by atoms with E-state index >= 15 is 0 Å². The van der Waals surface area contributed by atoms with Crippen molar-refractivity contribution in [2.45, 2.75) is 26.2 Å². The number of amides is 2. The molecule has 0 saturated heterocycles. The second kappa shape index (κ2) is 5.65. The molecule has 1 saturated carbocycles. The molecule has 100 valence electrons. The van der Waals surface area contributed by atoms with Crippen LogP contribution in [0, 0.1) is 5.92 Å². The molecule has 5 nitrogen and oxygen atoms in total. The van der Waals surface area contributed by atoms with Crippen molar-refractivity contribution in [2.24, 2.45) is 5.92 Å². The van der Waals surface area contributed by atoms with Crippen molar-refractivity contribution in [3.63, 3.8) is 0 Å². The summed E-state index contributed by atoms with van der Waals surface area (Å²) in [5.74, 6) is -0.295. The van der Waals surface area contributed by atoms with Gasteiger partial charge in [0.05, 0.1) is 6.42 Å². The van der Waals surface area contributed by atoms with Gasteiger partial charge in [-0.15, -0.1) is 0 Å². The highest BCUT2D eigenvalue weighted by Gasteiger charge is 2.29. The van der Waals surface area contributed by atoms with E-state index in [1.54, 1.807) is 24.3 Å². The van der Waals surface area contributed by atoms with Gasteiger partial charge in [0, 0.05) is 17.3 Å². The van der Waals surface area contributed by atoms with E-state index in [1.165, 1.54) is 6.92 Å². The van der Waals surface area contributed by atoms with Crippen LogP contribution >= 0.6 is 0 Å². The first kappa shape index (κ1) is 13.3. The molecule has 0 spiro atoms. The van der Waals surface area contributed by atoms with Crippen LogP contribution in [0.1, 0.15) is 26.2 Å². The van der Waals surface area contributed by atoms with Gasteiger partial charge in [-0.25, -0.2) is 0 Å². The zero-order valence-corrected chi connectivity index (χ0v) is 10.7. The van der Waals surface area contributed by atoms with Crippen LogP contribution in [-0.4, -0.2) is 17.6 Å². The summed E-state index contributed by atoms with van der Waals surface area (Å²) >= 11 is 0. The molecule has 1 aliphatic carbocycles. The van der Waals surface area contributed by atoms with Gasteiger partial charge in [-0.3, -0.25) is 14.4 Å². The van der Waals surface area contributed by atoms with Crippen LogP contribution in [0.5, 0.6) is 0 Å². The first-order valence-electron chi connectivity index (χ1n) is 6.25. The van der Waals surface area contributed by atoms with Crippen molar-refractivity contribution in [1.82, 2.24) is 0 Å². The average molecular weight is 260 g/mol. The lowest BCUT2D eigenvalue weighted by Crippen LogP contribution is -2.15. The van der Waals surface area contributed by atoms with Gasteiger partial charge in [-0.05, 0) is 44.0 Å². The zero-order chi connectivity index (χ0) is 13.8. The predicted molar refractivity (Wildman–Crippen MR) is 71.7 cm³/mol. The SMILES string of the molecule is CC(=O)CC(=O)Nc1ccc(NC(=O)C2CC2)cc1. The molecular formula is C14H16N2O3. The number of carbonyl (C=O) groups excluding carboxylic acids is 3. The number of hydrogen-bond donors (Lipinski definition) is 2. The highest BCUT2D eigenvalue weighted by atomic mass is 16.2. The van der Waals surface area contributed by atoms with E-state index in [2.05, 4.69) is 10.6 Å². The monoisotopic (exact) mass is 260 g/mol. The first-order valence-corrected chi connectivity index (χ1v) is 6.25. The first-order chi connectivity index (χ1) is 9.04. The molecule has 2 rings (SSSR count). The molecule has 1 aromatic rings. The van der Waals surface area contributed by atoms with E-state index in [0.29, 0.717) is 11.4 Å². The third-order valence-corrected chi connectivity index (χ3v) is 2.79. The van der Waals surface area contributed by atoms with Gasteiger partial charge < -0.3 is 10.6 Å². The fourth-order valence-electron chi connectivity index (χ4n) is 1.66. The van der Waals surface area contributed by atoms with Crippen molar-refractivity contribution in [3.8, 4) is 0 Å². The molecule has 0 bridgehead atoms. The molecule has 0 heterocycles. The summed E-state index contributed by atoms with van der Waals surface area (Å²) in [6, 6.07) is 6.84. The molecule has 19 heavy (non-hydrogen) atoms. The maximum atomic E-state index is 11.5. The van der Waals surface area contributed by atoms with E-state index in [0.717, 1.165) is 12.8 Å². The molecule has 1 fully saturated rings. The number of nitrogens with one attached hydrogen (secondary N) is 2. The van der Waals surface area contributed by atoms with Crippen LogP contribution < -0.4 is 10.6 Å². The molecule has 0 unspecified atom stereocenters. The van der Waals surface area contributed by atoms with Crippen LogP contribution in [0.3, 0.4) is 0 Å². The number of hydrogen-bond acceptors (Lipinski definition) is 3. The minimum absolute atomic E-state index is 0.0494. The number of Topliss-reactive ketones (excluding diaryl/α,β-unsaturated/α-hetero) is 1. The Balaban J connectivity index is 1.88.